The lowest BCUT2D eigenvalue weighted by Crippen LogP contribution is -2.28. The SMILES string of the molecule is CNC(CO)c1ccc(C2CC2)nc1.O=CCN1Cc2ccc(-c3nc(NC4CCOCC4)ncc3Cl)cc2C1=O. The van der Waals surface area contributed by atoms with E-state index in [9.17, 15) is 9.59 Å². The highest BCUT2D eigenvalue weighted by Gasteiger charge is 2.28. The van der Waals surface area contributed by atoms with Crippen LogP contribution in [0.3, 0.4) is 0 Å². The molecule has 216 valence electrons. The second kappa shape index (κ2) is 13.5. The van der Waals surface area contributed by atoms with E-state index < -0.39 is 0 Å². The number of hydrogen-bond donors (Lipinski definition) is 3. The number of aldehydes is 1. The first-order valence-electron chi connectivity index (χ1n) is 14.0. The predicted octanol–water partition coefficient (Wildman–Crippen LogP) is 3.75. The van der Waals surface area contributed by atoms with Crippen LogP contribution in [0.5, 0.6) is 0 Å². The molecule has 3 aliphatic rings. The molecule has 0 radical (unpaired) electrons. The topological polar surface area (TPSA) is 130 Å². The number of anilines is 1. The Morgan fingerprint density at radius 1 is 1.15 bits per heavy atom. The van der Waals surface area contributed by atoms with Crippen LogP contribution in [0.25, 0.3) is 11.3 Å². The number of nitrogens with one attached hydrogen (secondary N) is 2. The molecular formula is C30H35ClN6O4. The Balaban J connectivity index is 0.000000202. The summed E-state index contributed by atoms with van der Waals surface area (Å²) in [6.07, 6.45) is 8.54. The van der Waals surface area contributed by atoms with Gasteiger partial charge in [-0.2, -0.15) is 0 Å². The zero-order chi connectivity index (χ0) is 28.8. The van der Waals surface area contributed by atoms with E-state index in [2.05, 4.69) is 37.7 Å². The number of likely N-dealkylation sites (N-methyl/N-ethyl adjacent to an activating group) is 1. The molecule has 0 spiro atoms. The Morgan fingerprint density at radius 3 is 2.61 bits per heavy atom. The van der Waals surface area contributed by atoms with Gasteiger partial charge >= 0.3 is 0 Å². The summed E-state index contributed by atoms with van der Waals surface area (Å²) < 4.78 is 5.37. The van der Waals surface area contributed by atoms with Crippen molar-refractivity contribution < 1.29 is 19.4 Å². The Labute approximate surface area is 244 Å². The minimum Gasteiger partial charge on any atom is -0.394 e. The van der Waals surface area contributed by atoms with E-state index in [-0.39, 0.29) is 31.1 Å². The molecule has 0 bridgehead atoms. The molecule has 10 nitrogen and oxygen atoms in total. The van der Waals surface area contributed by atoms with Gasteiger partial charge in [0.15, 0.2) is 0 Å². The Hall–Kier alpha value is -3.44. The van der Waals surface area contributed by atoms with Crippen LogP contribution in [0.2, 0.25) is 5.02 Å². The maximum Gasteiger partial charge on any atom is 0.254 e. The van der Waals surface area contributed by atoms with E-state index in [1.165, 1.54) is 23.4 Å². The average molecular weight is 579 g/mol. The van der Waals surface area contributed by atoms with Gasteiger partial charge in [-0.05, 0) is 56.0 Å². The van der Waals surface area contributed by atoms with E-state index in [0.717, 1.165) is 49.0 Å². The smallest absolute Gasteiger partial charge is 0.254 e. The molecule has 1 aromatic carbocycles. The van der Waals surface area contributed by atoms with Crippen LogP contribution in [-0.2, 0) is 16.1 Å². The largest absolute Gasteiger partial charge is 0.394 e. The van der Waals surface area contributed by atoms with Crippen molar-refractivity contribution in [2.24, 2.45) is 0 Å². The highest BCUT2D eigenvalue weighted by molar-refractivity contribution is 6.33. The molecule has 1 saturated heterocycles. The fraction of sp³-hybridized carbons (Fsp3) is 0.433. The Morgan fingerprint density at radius 2 is 1.95 bits per heavy atom. The monoisotopic (exact) mass is 578 g/mol. The lowest BCUT2D eigenvalue weighted by molar-refractivity contribution is -0.108. The highest BCUT2D eigenvalue weighted by Crippen LogP contribution is 2.39. The summed E-state index contributed by atoms with van der Waals surface area (Å²) in [6, 6.07) is 9.97. The molecule has 3 aromatic rings. The number of fused-ring (bicyclic) bond motifs is 1. The van der Waals surface area contributed by atoms with Crippen LogP contribution in [0, 0.1) is 0 Å². The summed E-state index contributed by atoms with van der Waals surface area (Å²) in [6.45, 7) is 2.10. The zero-order valence-corrected chi connectivity index (χ0v) is 23.8. The summed E-state index contributed by atoms with van der Waals surface area (Å²) in [5.41, 5.74) is 5.06. The van der Waals surface area contributed by atoms with Gasteiger partial charge in [-0.3, -0.25) is 9.78 Å². The quantitative estimate of drug-likeness (QED) is 0.325. The number of benzene rings is 1. The van der Waals surface area contributed by atoms with Crippen molar-refractivity contribution in [2.45, 2.75) is 50.2 Å². The number of amides is 1. The van der Waals surface area contributed by atoms with Crippen molar-refractivity contribution in [3.05, 3.63) is 70.1 Å². The van der Waals surface area contributed by atoms with E-state index in [4.69, 9.17) is 21.4 Å². The van der Waals surface area contributed by atoms with Gasteiger partial charge < -0.3 is 30.2 Å². The molecule has 1 aliphatic carbocycles. The van der Waals surface area contributed by atoms with Crippen LogP contribution in [-0.4, -0.2) is 76.6 Å². The highest BCUT2D eigenvalue weighted by atomic mass is 35.5. The summed E-state index contributed by atoms with van der Waals surface area (Å²) >= 11 is 6.32. The Bertz CT molecular complexity index is 1360. The van der Waals surface area contributed by atoms with E-state index >= 15 is 0 Å². The van der Waals surface area contributed by atoms with Crippen molar-refractivity contribution >= 4 is 29.7 Å². The molecule has 2 aromatic heterocycles. The number of nitrogens with zero attached hydrogens (tertiary/aromatic N) is 4. The first-order valence-corrected chi connectivity index (χ1v) is 14.4. The van der Waals surface area contributed by atoms with Crippen LogP contribution >= 0.6 is 11.6 Å². The van der Waals surface area contributed by atoms with Crippen molar-refractivity contribution in [3.63, 3.8) is 0 Å². The van der Waals surface area contributed by atoms with Gasteiger partial charge in [0, 0.05) is 54.7 Å². The number of pyridine rings is 1. The summed E-state index contributed by atoms with van der Waals surface area (Å²) in [4.78, 5) is 38.0. The fourth-order valence-corrected chi connectivity index (χ4v) is 5.22. The number of aliphatic hydroxyl groups excluding tert-OH is 1. The van der Waals surface area contributed by atoms with Gasteiger partial charge in [0.2, 0.25) is 5.95 Å². The number of hydrogen-bond acceptors (Lipinski definition) is 9. The van der Waals surface area contributed by atoms with Crippen LogP contribution < -0.4 is 10.6 Å². The molecule has 4 heterocycles. The molecule has 2 fully saturated rings. The van der Waals surface area contributed by atoms with Gasteiger partial charge in [0.25, 0.3) is 5.91 Å². The molecule has 3 N–H and O–H groups in total. The van der Waals surface area contributed by atoms with E-state index in [1.54, 1.807) is 12.3 Å². The third-order valence-electron chi connectivity index (χ3n) is 7.59. The maximum absolute atomic E-state index is 12.5. The number of aliphatic hydroxyl groups is 1. The van der Waals surface area contributed by atoms with Crippen LogP contribution in [0.15, 0.2) is 42.7 Å². The van der Waals surface area contributed by atoms with Gasteiger partial charge in [0.1, 0.15) is 6.29 Å². The summed E-state index contributed by atoms with van der Waals surface area (Å²) in [7, 11) is 1.84. The number of carbonyl (C=O) groups excluding carboxylic acids is 2. The molecular weight excluding hydrogens is 544 g/mol. The van der Waals surface area contributed by atoms with Gasteiger partial charge in [0.05, 0.1) is 36.1 Å². The fourth-order valence-electron chi connectivity index (χ4n) is 5.02. The van der Waals surface area contributed by atoms with Crippen molar-refractivity contribution in [2.75, 3.05) is 38.7 Å². The normalized spacial score (nSPS) is 17.4. The van der Waals surface area contributed by atoms with Crippen molar-refractivity contribution in [1.29, 1.82) is 0 Å². The summed E-state index contributed by atoms with van der Waals surface area (Å²) in [5, 5.41) is 15.9. The number of carbonyl (C=O) groups is 2. The number of aromatic nitrogens is 3. The zero-order valence-electron chi connectivity index (χ0n) is 23.1. The third kappa shape index (κ3) is 7.08. The van der Waals surface area contributed by atoms with Crippen molar-refractivity contribution in [1.82, 2.24) is 25.2 Å². The number of rotatable bonds is 9. The second-order valence-electron chi connectivity index (χ2n) is 10.5. The van der Waals surface area contributed by atoms with E-state index in [0.29, 0.717) is 34.7 Å². The standard InChI is InChI=1S/C19H19ClN4O3.C11H16N2O/c20-16-10-21-19(22-14-3-7-27-8-4-14)23-17(16)12-1-2-13-11-24(5-6-25)18(26)15(13)9-12;1-12-11(7-14)9-4-5-10(13-6-9)8-2-3-8/h1-2,6,9-10,14H,3-5,7-8,11H2,(H,21,22,23);4-6,8,11-12,14H,2-3,7H2,1H3. The summed E-state index contributed by atoms with van der Waals surface area (Å²) in [5.74, 6) is 1.06. The Kier molecular flexibility index (Phi) is 9.56. The molecule has 1 unspecified atom stereocenters. The van der Waals surface area contributed by atoms with Gasteiger partial charge in [-0.15, -0.1) is 0 Å². The minimum absolute atomic E-state index is 0.00996. The van der Waals surface area contributed by atoms with Gasteiger partial charge in [-0.1, -0.05) is 29.8 Å². The van der Waals surface area contributed by atoms with Gasteiger partial charge in [-0.25, -0.2) is 9.97 Å². The van der Waals surface area contributed by atoms with Crippen LogP contribution in [0.1, 0.15) is 64.8 Å². The molecule has 1 saturated carbocycles. The second-order valence-corrected chi connectivity index (χ2v) is 10.9. The molecule has 41 heavy (non-hydrogen) atoms. The molecule has 1 atom stereocenters. The first kappa shape index (κ1) is 29.1. The average Bonchev–Trinajstić information content (AvgIpc) is 3.81. The molecule has 2 aliphatic heterocycles. The molecule has 11 heteroatoms. The number of ether oxygens (including phenoxy) is 1. The number of halogens is 1. The first-order chi connectivity index (χ1) is 20.0. The minimum atomic E-state index is -0.148. The maximum atomic E-state index is 12.5. The third-order valence-corrected chi connectivity index (χ3v) is 7.87. The van der Waals surface area contributed by atoms with Crippen molar-refractivity contribution in [3.8, 4) is 11.3 Å². The predicted molar refractivity (Wildman–Crippen MR) is 156 cm³/mol. The van der Waals surface area contributed by atoms with Crippen LogP contribution in [0.4, 0.5) is 5.95 Å². The van der Waals surface area contributed by atoms with E-state index in [1.807, 2.05) is 25.4 Å². The molecule has 6 rings (SSSR count). The lowest BCUT2D eigenvalue weighted by Gasteiger charge is -2.23. The molecule has 1 amide bonds. The lowest BCUT2D eigenvalue weighted by atomic mass is 10.0.